The number of imidazole rings is 1. The Hall–Kier alpha value is -1.67. The highest BCUT2D eigenvalue weighted by molar-refractivity contribution is 9.10. The molecule has 4 nitrogen and oxygen atoms in total. The summed E-state index contributed by atoms with van der Waals surface area (Å²) in [4.78, 5) is 8.66. The van der Waals surface area contributed by atoms with E-state index in [1.807, 2.05) is 6.33 Å². The van der Waals surface area contributed by atoms with Crippen LogP contribution in [-0.4, -0.2) is 14.5 Å². The normalized spacial score (nSPS) is 14.4. The van der Waals surface area contributed by atoms with Crippen LogP contribution in [0, 0.1) is 17.2 Å². The van der Waals surface area contributed by atoms with Crippen LogP contribution in [0.1, 0.15) is 18.4 Å². The molecule has 5 heteroatoms. The zero-order valence-electron chi connectivity index (χ0n) is 9.67. The van der Waals surface area contributed by atoms with Crippen LogP contribution < -0.4 is 0 Å². The molecule has 1 saturated carbocycles. The van der Waals surface area contributed by atoms with Crippen LogP contribution in [0.3, 0.4) is 0 Å². The molecule has 0 aromatic carbocycles. The van der Waals surface area contributed by atoms with E-state index in [1.165, 1.54) is 12.8 Å². The van der Waals surface area contributed by atoms with Gasteiger partial charge >= 0.3 is 0 Å². The molecule has 0 aliphatic heterocycles. The topological polar surface area (TPSA) is 54.5 Å². The first-order valence-corrected chi connectivity index (χ1v) is 6.64. The van der Waals surface area contributed by atoms with Gasteiger partial charge in [0.15, 0.2) is 0 Å². The summed E-state index contributed by atoms with van der Waals surface area (Å²) < 4.78 is 3.05. The van der Waals surface area contributed by atoms with Crippen molar-refractivity contribution in [2.45, 2.75) is 19.4 Å². The fourth-order valence-electron chi connectivity index (χ4n) is 1.87. The van der Waals surface area contributed by atoms with Gasteiger partial charge in [0.25, 0.3) is 0 Å². The van der Waals surface area contributed by atoms with Crippen LogP contribution in [-0.2, 0) is 6.54 Å². The maximum absolute atomic E-state index is 8.90. The summed E-state index contributed by atoms with van der Waals surface area (Å²) in [5.74, 6) is 0.793. The van der Waals surface area contributed by atoms with Crippen molar-refractivity contribution in [1.29, 1.82) is 5.26 Å². The lowest BCUT2D eigenvalue weighted by Gasteiger charge is -2.03. The Morgan fingerprint density at radius 1 is 1.44 bits per heavy atom. The molecule has 1 aliphatic carbocycles. The minimum Gasteiger partial charge on any atom is -0.325 e. The van der Waals surface area contributed by atoms with Gasteiger partial charge in [-0.15, -0.1) is 0 Å². The third-order valence-electron chi connectivity index (χ3n) is 3.06. The number of pyridine rings is 1. The van der Waals surface area contributed by atoms with Crippen molar-refractivity contribution < 1.29 is 0 Å². The van der Waals surface area contributed by atoms with Crippen molar-refractivity contribution in [3.63, 3.8) is 0 Å². The Balaban J connectivity index is 1.95. The van der Waals surface area contributed by atoms with E-state index in [9.17, 15) is 0 Å². The Labute approximate surface area is 113 Å². The molecule has 2 aromatic rings. The van der Waals surface area contributed by atoms with Crippen molar-refractivity contribution in [1.82, 2.24) is 14.5 Å². The summed E-state index contributed by atoms with van der Waals surface area (Å²) in [7, 11) is 0. The molecule has 2 heterocycles. The van der Waals surface area contributed by atoms with Crippen LogP contribution in [0.5, 0.6) is 0 Å². The van der Waals surface area contributed by atoms with Crippen molar-refractivity contribution in [3.8, 4) is 17.5 Å². The van der Waals surface area contributed by atoms with Gasteiger partial charge in [-0.05, 0) is 46.8 Å². The van der Waals surface area contributed by atoms with Crippen LogP contribution in [0.2, 0.25) is 0 Å². The summed E-state index contributed by atoms with van der Waals surface area (Å²) in [5.41, 5.74) is 2.13. The third-order valence-corrected chi connectivity index (χ3v) is 3.89. The monoisotopic (exact) mass is 302 g/mol. The fraction of sp³-hybridized carbons (Fsp3) is 0.308. The van der Waals surface area contributed by atoms with E-state index in [1.54, 1.807) is 18.3 Å². The van der Waals surface area contributed by atoms with E-state index in [2.05, 4.69) is 36.5 Å². The standard InChI is InChI=1S/C13H11BrN4/c14-13-12(11-5-10(6-15)3-4-16-11)17-8-18(13)7-9-1-2-9/h3-5,8-9H,1-2,7H2. The van der Waals surface area contributed by atoms with Gasteiger partial charge in [0.05, 0.1) is 23.7 Å². The molecule has 3 rings (SSSR count). The molecule has 90 valence electrons. The van der Waals surface area contributed by atoms with Crippen LogP contribution in [0.4, 0.5) is 0 Å². The Morgan fingerprint density at radius 2 is 2.28 bits per heavy atom. The number of halogens is 1. The summed E-state index contributed by atoms with van der Waals surface area (Å²) in [6.45, 7) is 1.01. The van der Waals surface area contributed by atoms with Crippen LogP contribution in [0.25, 0.3) is 11.4 Å². The maximum Gasteiger partial charge on any atom is 0.121 e. The molecular weight excluding hydrogens is 292 g/mol. The van der Waals surface area contributed by atoms with Gasteiger partial charge in [0.2, 0.25) is 0 Å². The Morgan fingerprint density at radius 3 is 3.00 bits per heavy atom. The molecule has 0 unspecified atom stereocenters. The van der Waals surface area contributed by atoms with Gasteiger partial charge in [-0.25, -0.2) is 4.98 Å². The molecule has 0 amide bonds. The van der Waals surface area contributed by atoms with Crippen molar-refractivity contribution >= 4 is 15.9 Å². The molecular formula is C13H11BrN4. The molecule has 0 atom stereocenters. The fourth-order valence-corrected chi connectivity index (χ4v) is 2.42. The molecule has 1 aliphatic rings. The van der Waals surface area contributed by atoms with E-state index in [0.717, 1.165) is 28.5 Å². The number of nitriles is 1. The number of nitrogens with zero attached hydrogens (tertiary/aromatic N) is 4. The van der Waals surface area contributed by atoms with E-state index in [4.69, 9.17) is 5.26 Å². The molecule has 0 radical (unpaired) electrons. The van der Waals surface area contributed by atoms with Crippen molar-refractivity contribution in [2.24, 2.45) is 5.92 Å². The van der Waals surface area contributed by atoms with E-state index in [-0.39, 0.29) is 0 Å². The second-order valence-corrected chi connectivity index (χ2v) is 5.27. The largest absolute Gasteiger partial charge is 0.325 e. The van der Waals surface area contributed by atoms with Gasteiger partial charge in [0.1, 0.15) is 10.3 Å². The van der Waals surface area contributed by atoms with E-state index >= 15 is 0 Å². The van der Waals surface area contributed by atoms with Crippen LogP contribution in [0.15, 0.2) is 29.3 Å². The summed E-state index contributed by atoms with van der Waals surface area (Å²) in [5, 5.41) is 8.90. The minimum atomic E-state index is 0.601. The highest BCUT2D eigenvalue weighted by Gasteiger charge is 2.23. The van der Waals surface area contributed by atoms with Gasteiger partial charge in [-0.2, -0.15) is 5.26 Å². The molecule has 1 fully saturated rings. The van der Waals surface area contributed by atoms with Crippen LogP contribution >= 0.6 is 15.9 Å². The first-order chi connectivity index (χ1) is 8.78. The van der Waals surface area contributed by atoms with Gasteiger partial charge in [-0.3, -0.25) is 4.98 Å². The lowest BCUT2D eigenvalue weighted by atomic mass is 10.2. The van der Waals surface area contributed by atoms with Gasteiger partial charge in [0, 0.05) is 12.7 Å². The SMILES string of the molecule is N#Cc1ccnc(-c2ncn(CC3CC3)c2Br)c1. The number of hydrogen-bond acceptors (Lipinski definition) is 3. The lowest BCUT2D eigenvalue weighted by Crippen LogP contribution is -1.98. The molecule has 2 aromatic heterocycles. The average Bonchev–Trinajstić information content (AvgIpc) is 3.14. The second kappa shape index (κ2) is 4.54. The van der Waals surface area contributed by atoms with E-state index < -0.39 is 0 Å². The molecule has 0 saturated heterocycles. The zero-order valence-corrected chi connectivity index (χ0v) is 11.3. The van der Waals surface area contributed by atoms with Gasteiger partial charge < -0.3 is 4.57 Å². The smallest absolute Gasteiger partial charge is 0.121 e. The average molecular weight is 303 g/mol. The number of rotatable bonds is 3. The first-order valence-electron chi connectivity index (χ1n) is 5.85. The molecule has 18 heavy (non-hydrogen) atoms. The number of hydrogen-bond donors (Lipinski definition) is 0. The highest BCUT2D eigenvalue weighted by Crippen LogP contribution is 2.33. The Kier molecular flexibility index (Phi) is 2.88. The third kappa shape index (κ3) is 2.16. The van der Waals surface area contributed by atoms with E-state index in [0.29, 0.717) is 5.56 Å². The lowest BCUT2D eigenvalue weighted by molar-refractivity contribution is 0.617. The van der Waals surface area contributed by atoms with Crippen molar-refractivity contribution in [3.05, 3.63) is 34.8 Å². The zero-order chi connectivity index (χ0) is 12.5. The Bertz CT molecular complexity index is 622. The quantitative estimate of drug-likeness (QED) is 0.876. The summed E-state index contributed by atoms with van der Waals surface area (Å²) in [6.07, 6.45) is 6.09. The summed E-state index contributed by atoms with van der Waals surface area (Å²) >= 11 is 3.57. The molecule has 0 N–H and O–H groups in total. The first kappa shape index (κ1) is 11.4. The molecule has 0 spiro atoms. The second-order valence-electron chi connectivity index (χ2n) is 4.52. The predicted octanol–water partition coefficient (Wildman–Crippen LogP) is 2.99. The summed E-state index contributed by atoms with van der Waals surface area (Å²) in [6, 6.07) is 5.57. The predicted molar refractivity (Wildman–Crippen MR) is 70.6 cm³/mol. The molecule has 0 bridgehead atoms. The number of aromatic nitrogens is 3. The van der Waals surface area contributed by atoms with Crippen molar-refractivity contribution in [2.75, 3.05) is 0 Å². The highest BCUT2D eigenvalue weighted by atomic mass is 79.9. The maximum atomic E-state index is 8.90. The minimum absolute atomic E-state index is 0.601. The van der Waals surface area contributed by atoms with Gasteiger partial charge in [-0.1, -0.05) is 0 Å².